The van der Waals surface area contributed by atoms with Gasteiger partial charge in [-0.25, -0.2) is 4.79 Å². The predicted octanol–water partition coefficient (Wildman–Crippen LogP) is 5.24. The zero-order valence-electron chi connectivity index (χ0n) is 35.8. The molecule has 0 spiro atoms. The van der Waals surface area contributed by atoms with Crippen LogP contribution in [-0.4, -0.2) is 131 Å². The second-order valence-corrected chi connectivity index (χ2v) is 17.4. The number of ether oxygens (including phenoxy) is 5. The molecule has 13 atom stereocenters. The summed E-state index contributed by atoms with van der Waals surface area (Å²) in [4.78, 5) is 55.4. The second-order valence-electron chi connectivity index (χ2n) is 17.4. The van der Waals surface area contributed by atoms with E-state index in [0.29, 0.717) is 38.8 Å². The highest BCUT2D eigenvalue weighted by molar-refractivity contribution is 6.00. The first-order valence-electron chi connectivity index (χ1n) is 20.9. The molecule has 13 heteroatoms. The van der Waals surface area contributed by atoms with Gasteiger partial charge >= 0.3 is 12.1 Å². The summed E-state index contributed by atoms with van der Waals surface area (Å²) in [6.45, 7) is 15.6. The van der Waals surface area contributed by atoms with Gasteiger partial charge in [-0.15, -0.1) is 0 Å². The van der Waals surface area contributed by atoms with Crippen molar-refractivity contribution < 1.29 is 43.2 Å². The third-order valence-electron chi connectivity index (χ3n) is 12.9. The molecule has 0 aliphatic carbocycles. The molecule has 1 N–H and O–H groups in total. The van der Waals surface area contributed by atoms with Crippen LogP contribution >= 0.6 is 0 Å². The number of Topliss-reactive ketones (excluding diaryl/α,β-unsaturated/α-hetero) is 1. The Morgan fingerprint density at radius 1 is 1.05 bits per heavy atom. The van der Waals surface area contributed by atoms with E-state index in [0.717, 1.165) is 22.2 Å². The molecule has 58 heavy (non-hydrogen) atoms. The van der Waals surface area contributed by atoms with Crippen LogP contribution in [-0.2, 0) is 39.7 Å². The van der Waals surface area contributed by atoms with E-state index in [1.807, 2.05) is 84.1 Å². The van der Waals surface area contributed by atoms with Crippen LogP contribution in [0.1, 0.15) is 80.2 Å². The van der Waals surface area contributed by atoms with Gasteiger partial charge in [-0.05, 0) is 84.7 Å². The lowest BCUT2D eigenvalue weighted by Gasteiger charge is -2.47. The van der Waals surface area contributed by atoms with E-state index >= 15 is 0 Å². The van der Waals surface area contributed by atoms with Crippen molar-refractivity contribution in [2.75, 3.05) is 33.8 Å². The van der Waals surface area contributed by atoms with Crippen molar-refractivity contribution in [2.45, 2.75) is 135 Å². The lowest BCUT2D eigenvalue weighted by Crippen LogP contribution is -2.60. The van der Waals surface area contributed by atoms with Crippen LogP contribution in [0.3, 0.4) is 0 Å². The predicted molar refractivity (Wildman–Crippen MR) is 219 cm³/mol. The number of rotatable bonds is 7. The van der Waals surface area contributed by atoms with E-state index in [4.69, 9.17) is 28.7 Å². The number of aromatic nitrogens is 1. The van der Waals surface area contributed by atoms with Gasteiger partial charge in [0.15, 0.2) is 17.7 Å². The number of aliphatic hydroxyl groups excluding tert-OH is 1. The van der Waals surface area contributed by atoms with Gasteiger partial charge in [0.25, 0.3) is 0 Å². The molecule has 1 amide bonds. The first kappa shape index (κ1) is 43.6. The molecule has 5 heterocycles. The molecule has 2 aromatic rings. The number of carbonyl (C=O) groups excluding carboxylic acids is 3. The summed E-state index contributed by atoms with van der Waals surface area (Å²) >= 11 is 0. The van der Waals surface area contributed by atoms with Crippen molar-refractivity contribution in [3.05, 3.63) is 42.1 Å². The summed E-state index contributed by atoms with van der Waals surface area (Å²) in [6.07, 6.45) is -1.13. The summed E-state index contributed by atoms with van der Waals surface area (Å²) < 4.78 is 32.2. The van der Waals surface area contributed by atoms with Crippen LogP contribution in [0.15, 0.2) is 41.5 Å². The first-order valence-corrected chi connectivity index (χ1v) is 20.9. The molecule has 2 bridgehead atoms. The number of amides is 1. The number of fused-ring (bicyclic) bond motifs is 2. The van der Waals surface area contributed by atoms with Gasteiger partial charge in [0.05, 0.1) is 35.9 Å². The van der Waals surface area contributed by atoms with Gasteiger partial charge in [-0.2, -0.15) is 0 Å². The maximum atomic E-state index is 14.6. The Morgan fingerprint density at radius 2 is 1.79 bits per heavy atom. The number of cyclic esters (lactones) is 1. The van der Waals surface area contributed by atoms with Gasteiger partial charge < -0.3 is 33.7 Å². The summed E-state index contributed by atoms with van der Waals surface area (Å²) in [6, 6.07) is 9.25. The van der Waals surface area contributed by atoms with Crippen LogP contribution in [0.25, 0.3) is 10.9 Å². The minimum absolute atomic E-state index is 0.00439. The molecule has 316 valence electrons. The van der Waals surface area contributed by atoms with Crippen LogP contribution in [0.4, 0.5) is 4.79 Å². The Kier molecular flexibility index (Phi) is 13.3. The van der Waals surface area contributed by atoms with E-state index in [1.54, 1.807) is 11.8 Å². The molecule has 3 fully saturated rings. The molecule has 3 saturated heterocycles. The number of hydrogen-bond donors (Lipinski definition) is 1. The quantitative estimate of drug-likeness (QED) is 0.223. The lowest BCUT2D eigenvalue weighted by molar-refractivity contribution is -0.296. The lowest BCUT2D eigenvalue weighted by atomic mass is 9.73. The highest BCUT2D eigenvalue weighted by atomic mass is 16.7. The number of nitrogens with zero attached hydrogens (tertiary/aromatic N) is 4. The molecule has 1 aromatic carbocycles. The number of benzene rings is 1. The standard InChI is InChI=1S/C45H62N4O9/c1-11-35-45(8)39-28(4)36(46-19-20-49(39)43(53)58-45)26(2)24-44(7,54-21-15-14-16-31-23-32-17-12-13-18-33(32)47-25-31)40(29(5)37(50)30(6)41(52)56-35)57-42-38(51)34(48(9)10)22-27(3)55-42/h12-13,17-18,23,25-30,34-35,38-40,42,51H,11,16,19-22,24H2,1-10H3/t26-,27-,28+,29+,30-,34+,35-,38-,39-,40-,42+,44-,45-/m1/s1. The third-order valence-corrected chi connectivity index (χ3v) is 12.9. The number of hydrogen-bond acceptors (Lipinski definition) is 12. The molecule has 4 aliphatic rings. The first-order chi connectivity index (χ1) is 27.5. The Hall–Kier alpha value is -3.93. The Balaban J connectivity index is 1.40. The topological polar surface area (TPSA) is 149 Å². The van der Waals surface area contributed by atoms with Crippen LogP contribution < -0.4 is 0 Å². The highest BCUT2D eigenvalue weighted by Crippen LogP contribution is 2.44. The van der Waals surface area contributed by atoms with Crippen LogP contribution in [0.5, 0.6) is 0 Å². The summed E-state index contributed by atoms with van der Waals surface area (Å²) in [5, 5.41) is 12.7. The van der Waals surface area contributed by atoms with E-state index in [9.17, 15) is 19.5 Å². The van der Waals surface area contributed by atoms with Crippen LogP contribution in [0.2, 0.25) is 0 Å². The van der Waals surface area contributed by atoms with E-state index in [1.165, 1.54) is 6.92 Å². The maximum absolute atomic E-state index is 14.6. The van der Waals surface area contributed by atoms with Gasteiger partial charge in [0, 0.05) is 48.1 Å². The molecule has 4 aliphatic heterocycles. The smallest absolute Gasteiger partial charge is 0.410 e. The van der Waals surface area contributed by atoms with Crippen molar-refractivity contribution in [1.29, 1.82) is 0 Å². The van der Waals surface area contributed by atoms with Gasteiger partial charge in [0.2, 0.25) is 0 Å². The number of likely N-dealkylation sites (N-methyl/N-ethyl adjacent to an activating group) is 1. The molecular formula is C45H62N4O9. The van der Waals surface area contributed by atoms with Gasteiger partial charge in [0.1, 0.15) is 24.7 Å². The number of para-hydroxylation sites is 1. The summed E-state index contributed by atoms with van der Waals surface area (Å²) in [7, 11) is 3.80. The van der Waals surface area contributed by atoms with Crippen molar-refractivity contribution in [2.24, 2.45) is 28.7 Å². The zero-order chi connectivity index (χ0) is 42.1. The van der Waals surface area contributed by atoms with Gasteiger partial charge in [-0.3, -0.25) is 24.5 Å². The normalized spacial score (nSPS) is 37.3. The number of ketones is 1. The van der Waals surface area contributed by atoms with Crippen molar-refractivity contribution >= 4 is 34.5 Å². The largest absolute Gasteiger partial charge is 0.458 e. The van der Waals surface area contributed by atoms with E-state index in [2.05, 4.69) is 29.8 Å². The average molecular weight is 803 g/mol. The average Bonchev–Trinajstić information content (AvgIpc) is 3.31. The molecule has 0 unspecified atom stereocenters. The minimum Gasteiger partial charge on any atom is -0.458 e. The fourth-order valence-corrected chi connectivity index (χ4v) is 9.88. The third kappa shape index (κ3) is 8.68. The highest BCUT2D eigenvalue weighted by Gasteiger charge is 2.60. The molecule has 0 radical (unpaired) electrons. The molecular weight excluding hydrogens is 741 g/mol. The summed E-state index contributed by atoms with van der Waals surface area (Å²) in [5.74, 6) is 2.64. The number of aliphatic imine (C=N–C) groups is 1. The van der Waals surface area contributed by atoms with E-state index < -0.39 is 71.5 Å². The van der Waals surface area contributed by atoms with Crippen molar-refractivity contribution in [3.63, 3.8) is 0 Å². The molecule has 1 aromatic heterocycles. The number of carbonyl (C=O) groups is 3. The number of pyridine rings is 1. The van der Waals surface area contributed by atoms with Crippen molar-refractivity contribution in [1.82, 2.24) is 14.8 Å². The van der Waals surface area contributed by atoms with Crippen LogP contribution in [0, 0.1) is 35.5 Å². The summed E-state index contributed by atoms with van der Waals surface area (Å²) in [5.41, 5.74) is 0.321. The monoisotopic (exact) mass is 802 g/mol. The SMILES string of the molecule is CC[C@H]1OC(=O)[C@H](C)C(=O)[C@H](C)[C@@H](O[C@@H]2O[C@H](C)C[C@H](N(C)C)[C@H]2O)[C@](C)(OCC#CCc2cnc3ccccc3c2)C[C@@H](C)C2=NCCN3C(=O)O[C@@]1(C)[C@H]3[C@H]2C. The Morgan fingerprint density at radius 3 is 2.52 bits per heavy atom. The molecule has 0 saturated carbocycles. The number of esters is 1. The number of aliphatic hydroxyl groups is 1. The minimum atomic E-state index is -1.23. The second kappa shape index (κ2) is 17.7. The van der Waals surface area contributed by atoms with Gasteiger partial charge in [-0.1, -0.05) is 57.7 Å². The fraction of sp³-hybridized carbons (Fsp3) is 0.667. The fourth-order valence-electron chi connectivity index (χ4n) is 9.88. The maximum Gasteiger partial charge on any atom is 0.410 e. The van der Waals surface area contributed by atoms with E-state index in [-0.39, 0.29) is 30.6 Å². The van der Waals surface area contributed by atoms with Crippen molar-refractivity contribution in [3.8, 4) is 11.8 Å². The molecule has 13 nitrogen and oxygen atoms in total. The Labute approximate surface area is 343 Å². The Bertz CT molecular complexity index is 1930. The zero-order valence-corrected chi connectivity index (χ0v) is 35.8. The molecule has 6 rings (SSSR count).